The predicted octanol–water partition coefficient (Wildman–Crippen LogP) is 3.94. The molecule has 30 heavy (non-hydrogen) atoms. The van der Waals surface area contributed by atoms with Gasteiger partial charge in [-0.2, -0.15) is 0 Å². The molecule has 0 aromatic heterocycles. The van der Waals surface area contributed by atoms with Crippen LogP contribution in [0.1, 0.15) is 35.6 Å². The Labute approximate surface area is 178 Å². The number of nitrogens with zero attached hydrogens (tertiary/aromatic N) is 2. The van der Waals surface area contributed by atoms with E-state index in [1.54, 1.807) is 7.11 Å². The van der Waals surface area contributed by atoms with E-state index in [-0.39, 0.29) is 11.8 Å². The van der Waals surface area contributed by atoms with Crippen molar-refractivity contribution in [2.75, 3.05) is 26.8 Å². The third-order valence-electron chi connectivity index (χ3n) is 5.58. The van der Waals surface area contributed by atoms with E-state index >= 15 is 0 Å². The molecule has 5 heteroatoms. The van der Waals surface area contributed by atoms with Crippen molar-refractivity contribution >= 4 is 17.4 Å². The Morgan fingerprint density at radius 3 is 2.33 bits per heavy atom. The molecular formula is C25H30N2O3. The quantitative estimate of drug-likeness (QED) is 0.468. The van der Waals surface area contributed by atoms with Crippen LogP contribution in [0.4, 0.5) is 0 Å². The molecule has 0 radical (unpaired) electrons. The lowest BCUT2D eigenvalue weighted by atomic mass is 9.99. The highest BCUT2D eigenvalue weighted by Crippen LogP contribution is 2.33. The number of carbonyl (C=O) groups excluding carboxylic acids is 2. The first kappa shape index (κ1) is 21.8. The molecule has 0 N–H and O–H groups in total. The van der Waals surface area contributed by atoms with Crippen molar-refractivity contribution in [3.05, 3.63) is 76.5 Å². The van der Waals surface area contributed by atoms with Crippen LogP contribution in [0.2, 0.25) is 0 Å². The number of hydrogen-bond acceptors (Lipinski definition) is 4. The fraction of sp³-hybridized carbons (Fsp3) is 0.360. The van der Waals surface area contributed by atoms with Crippen molar-refractivity contribution in [2.45, 2.75) is 33.7 Å². The summed E-state index contributed by atoms with van der Waals surface area (Å²) in [4.78, 5) is 30.1. The van der Waals surface area contributed by atoms with Gasteiger partial charge < -0.3 is 9.64 Å². The first-order valence-electron chi connectivity index (χ1n) is 10.4. The molecule has 0 aliphatic carbocycles. The van der Waals surface area contributed by atoms with Crippen molar-refractivity contribution in [3.8, 4) is 0 Å². The van der Waals surface area contributed by atoms with Crippen LogP contribution in [-0.4, -0.2) is 48.4 Å². The number of hydrogen-bond donors (Lipinski definition) is 0. The van der Waals surface area contributed by atoms with Gasteiger partial charge in [-0.05, 0) is 49.4 Å². The van der Waals surface area contributed by atoms with Gasteiger partial charge in [-0.1, -0.05) is 48.5 Å². The maximum absolute atomic E-state index is 13.4. The van der Waals surface area contributed by atoms with E-state index < -0.39 is 0 Å². The van der Waals surface area contributed by atoms with Crippen molar-refractivity contribution < 1.29 is 14.3 Å². The molecular weight excluding hydrogens is 376 g/mol. The van der Waals surface area contributed by atoms with Crippen LogP contribution in [0.3, 0.4) is 0 Å². The Hall–Kier alpha value is -2.92. The number of benzene rings is 2. The average Bonchev–Trinajstić information content (AvgIpc) is 2.99. The number of carbonyl (C=O) groups is 2. The second kappa shape index (κ2) is 9.72. The summed E-state index contributed by atoms with van der Waals surface area (Å²) < 4.78 is 5.11. The van der Waals surface area contributed by atoms with E-state index in [4.69, 9.17) is 4.74 Å². The summed E-state index contributed by atoms with van der Waals surface area (Å²) in [5.74, 6) is -0.442. The Balaban J connectivity index is 2.05. The summed E-state index contributed by atoms with van der Waals surface area (Å²) in [5.41, 5.74) is 5.15. The molecule has 2 aromatic carbocycles. The Morgan fingerprint density at radius 1 is 0.967 bits per heavy atom. The van der Waals surface area contributed by atoms with Gasteiger partial charge in [0.15, 0.2) is 0 Å². The highest BCUT2D eigenvalue weighted by atomic mass is 16.5. The van der Waals surface area contributed by atoms with Crippen LogP contribution in [0.5, 0.6) is 0 Å². The van der Waals surface area contributed by atoms with Crippen LogP contribution < -0.4 is 0 Å². The molecule has 5 nitrogen and oxygen atoms in total. The summed E-state index contributed by atoms with van der Waals surface area (Å²) in [6.45, 7) is 8.15. The van der Waals surface area contributed by atoms with Crippen LogP contribution in [0.25, 0.3) is 5.57 Å². The van der Waals surface area contributed by atoms with Gasteiger partial charge in [0.25, 0.3) is 11.8 Å². The van der Waals surface area contributed by atoms with Gasteiger partial charge in [0.05, 0.1) is 5.57 Å². The van der Waals surface area contributed by atoms with Gasteiger partial charge >= 0.3 is 0 Å². The van der Waals surface area contributed by atoms with Gasteiger partial charge in [-0.3, -0.25) is 14.5 Å². The van der Waals surface area contributed by atoms with Crippen LogP contribution >= 0.6 is 0 Å². The van der Waals surface area contributed by atoms with E-state index in [0.717, 1.165) is 22.3 Å². The zero-order chi connectivity index (χ0) is 21.7. The minimum absolute atomic E-state index is 0.220. The van der Waals surface area contributed by atoms with Gasteiger partial charge in [-0.25, -0.2) is 0 Å². The highest BCUT2D eigenvalue weighted by Gasteiger charge is 2.41. The van der Waals surface area contributed by atoms with Crippen molar-refractivity contribution in [1.29, 1.82) is 0 Å². The van der Waals surface area contributed by atoms with Gasteiger partial charge in [0.2, 0.25) is 0 Å². The average molecular weight is 407 g/mol. The van der Waals surface area contributed by atoms with E-state index in [0.29, 0.717) is 43.9 Å². The number of aryl methyl sites for hydroxylation is 2. The number of imide groups is 1. The minimum atomic E-state index is -0.221. The summed E-state index contributed by atoms with van der Waals surface area (Å²) in [6.07, 6.45) is 0.617. The molecule has 1 heterocycles. The lowest BCUT2D eigenvalue weighted by molar-refractivity contribution is -0.137. The molecule has 0 atom stereocenters. The van der Waals surface area contributed by atoms with Gasteiger partial charge in [0.1, 0.15) is 5.70 Å². The third kappa shape index (κ3) is 4.46. The standard InChI is InChI=1S/C25H30N2O3/c1-5-26(17-20-10-7-6-8-11-20)23-22(21-13-12-18(2)19(3)16-21)24(28)27(25(23)29)14-9-15-30-4/h6-8,10-13,16H,5,9,14-15,17H2,1-4H3. The number of methoxy groups -OCH3 is 1. The Morgan fingerprint density at radius 2 is 1.70 bits per heavy atom. The molecule has 2 aromatic rings. The minimum Gasteiger partial charge on any atom is -0.385 e. The van der Waals surface area contributed by atoms with Crippen LogP contribution in [0, 0.1) is 13.8 Å². The maximum Gasteiger partial charge on any atom is 0.277 e. The van der Waals surface area contributed by atoms with Crippen molar-refractivity contribution in [2.24, 2.45) is 0 Å². The van der Waals surface area contributed by atoms with E-state index in [1.807, 2.05) is 74.2 Å². The first-order valence-corrected chi connectivity index (χ1v) is 10.4. The normalized spacial score (nSPS) is 14.1. The SMILES string of the molecule is CCN(Cc1ccccc1)C1=C(c2ccc(C)c(C)c2)C(=O)N(CCCOC)C1=O. The number of rotatable bonds is 9. The molecule has 0 fully saturated rings. The van der Waals surface area contributed by atoms with E-state index in [9.17, 15) is 9.59 Å². The fourth-order valence-electron chi connectivity index (χ4n) is 3.74. The number of likely N-dealkylation sites (N-methyl/N-ethyl adjacent to an activating group) is 1. The maximum atomic E-state index is 13.4. The molecule has 2 amide bonds. The highest BCUT2D eigenvalue weighted by molar-refractivity contribution is 6.35. The molecule has 1 aliphatic heterocycles. The second-order valence-corrected chi connectivity index (χ2v) is 7.63. The molecule has 0 bridgehead atoms. The number of ether oxygens (including phenoxy) is 1. The molecule has 0 saturated carbocycles. The molecule has 3 rings (SSSR count). The lowest BCUT2D eigenvalue weighted by Crippen LogP contribution is -2.36. The van der Waals surface area contributed by atoms with Crippen LogP contribution in [0.15, 0.2) is 54.2 Å². The largest absolute Gasteiger partial charge is 0.385 e. The van der Waals surface area contributed by atoms with Crippen molar-refractivity contribution in [3.63, 3.8) is 0 Å². The smallest absolute Gasteiger partial charge is 0.277 e. The lowest BCUT2D eigenvalue weighted by Gasteiger charge is -2.25. The topological polar surface area (TPSA) is 49.9 Å². The van der Waals surface area contributed by atoms with Gasteiger partial charge in [-0.15, -0.1) is 0 Å². The van der Waals surface area contributed by atoms with E-state index in [2.05, 4.69) is 0 Å². The summed E-state index contributed by atoms with van der Waals surface area (Å²) in [7, 11) is 1.62. The van der Waals surface area contributed by atoms with Gasteiger partial charge in [0, 0.05) is 33.4 Å². The summed E-state index contributed by atoms with van der Waals surface area (Å²) >= 11 is 0. The molecule has 0 saturated heterocycles. The summed E-state index contributed by atoms with van der Waals surface area (Å²) in [5, 5.41) is 0. The molecule has 0 unspecified atom stereocenters. The Kier molecular flexibility index (Phi) is 7.06. The third-order valence-corrected chi connectivity index (χ3v) is 5.58. The van der Waals surface area contributed by atoms with Crippen LogP contribution in [-0.2, 0) is 20.9 Å². The van der Waals surface area contributed by atoms with Crippen molar-refractivity contribution in [1.82, 2.24) is 9.80 Å². The first-order chi connectivity index (χ1) is 14.5. The zero-order valence-electron chi connectivity index (χ0n) is 18.3. The summed E-state index contributed by atoms with van der Waals surface area (Å²) in [6, 6.07) is 16.0. The predicted molar refractivity (Wildman–Crippen MR) is 119 cm³/mol. The second-order valence-electron chi connectivity index (χ2n) is 7.63. The molecule has 158 valence electrons. The monoisotopic (exact) mass is 406 g/mol. The molecule has 0 spiro atoms. The fourth-order valence-corrected chi connectivity index (χ4v) is 3.74. The zero-order valence-corrected chi connectivity index (χ0v) is 18.3. The van der Waals surface area contributed by atoms with E-state index in [1.165, 1.54) is 4.90 Å². The molecule has 1 aliphatic rings. The Bertz CT molecular complexity index is 950. The number of amides is 2.